The van der Waals surface area contributed by atoms with Gasteiger partial charge in [-0.3, -0.25) is 0 Å². The Morgan fingerprint density at radius 3 is 2.13 bits per heavy atom. The fourth-order valence-electron chi connectivity index (χ4n) is 6.95. The molecule has 2 aliphatic rings. The molecule has 0 fully saturated rings. The number of benzene rings is 5. The van der Waals surface area contributed by atoms with E-state index in [1.807, 2.05) is 0 Å². The van der Waals surface area contributed by atoms with Crippen molar-refractivity contribution in [2.24, 2.45) is 0 Å². The van der Waals surface area contributed by atoms with Crippen LogP contribution in [0.15, 0.2) is 131 Å². The molecule has 9 rings (SSSR count). The number of hydrogen-bond acceptors (Lipinski definition) is 2. The summed E-state index contributed by atoms with van der Waals surface area (Å²) in [5, 5.41) is 3.76. The van der Waals surface area contributed by atoms with Gasteiger partial charge in [0.1, 0.15) is 11.2 Å². The molecule has 1 aliphatic heterocycles. The summed E-state index contributed by atoms with van der Waals surface area (Å²) >= 11 is 0. The minimum absolute atomic E-state index is 0.229. The minimum Gasteiger partial charge on any atom is -0.456 e. The van der Waals surface area contributed by atoms with E-state index < -0.39 is 0 Å². The fourth-order valence-corrected chi connectivity index (χ4v) is 6.95. The molecule has 184 valence electrons. The van der Waals surface area contributed by atoms with Gasteiger partial charge >= 0.3 is 0 Å². The van der Waals surface area contributed by atoms with Crippen LogP contribution in [0.3, 0.4) is 0 Å². The summed E-state index contributed by atoms with van der Waals surface area (Å²) in [6.45, 7) is 0. The second-order valence-corrected chi connectivity index (χ2v) is 10.5. The third-order valence-corrected chi connectivity index (χ3v) is 8.51. The van der Waals surface area contributed by atoms with Crippen LogP contribution in [0.5, 0.6) is 0 Å². The summed E-state index contributed by atoms with van der Waals surface area (Å²) in [6.07, 6.45) is 3.38. The fraction of sp³-hybridized carbons (Fsp3) is 0.0556. The Kier molecular flexibility index (Phi) is 4.17. The zero-order chi connectivity index (χ0) is 25.5. The van der Waals surface area contributed by atoms with Crippen LogP contribution >= 0.6 is 0 Å². The Morgan fingerprint density at radius 2 is 1.31 bits per heavy atom. The molecule has 39 heavy (non-hydrogen) atoms. The van der Waals surface area contributed by atoms with Crippen molar-refractivity contribution in [2.75, 3.05) is 4.90 Å². The van der Waals surface area contributed by atoms with Crippen molar-refractivity contribution >= 4 is 50.3 Å². The lowest BCUT2D eigenvalue weighted by Crippen LogP contribution is -2.18. The van der Waals surface area contributed by atoms with Crippen LogP contribution in [0.25, 0.3) is 44.6 Å². The highest BCUT2D eigenvalue weighted by Gasteiger charge is 2.41. The quantitative estimate of drug-likeness (QED) is 0.236. The molecule has 0 radical (unpaired) electrons. The molecule has 1 unspecified atom stereocenters. The van der Waals surface area contributed by atoms with E-state index in [2.05, 4.69) is 137 Å². The third kappa shape index (κ3) is 2.82. The van der Waals surface area contributed by atoms with Gasteiger partial charge in [0, 0.05) is 39.1 Å². The summed E-state index contributed by atoms with van der Waals surface area (Å²) in [5.74, 6) is 0.229. The summed E-state index contributed by atoms with van der Waals surface area (Å²) in [5.41, 5.74) is 12.2. The van der Waals surface area contributed by atoms with Crippen LogP contribution in [0.4, 0.5) is 11.4 Å². The number of fused-ring (bicyclic) bond motifs is 10. The molecule has 0 spiro atoms. The molecule has 0 bridgehead atoms. The van der Waals surface area contributed by atoms with Crippen LogP contribution in [0.1, 0.15) is 22.7 Å². The Hall–Kier alpha value is -5.02. The average molecular weight is 501 g/mol. The number of allylic oxidation sites excluding steroid dienone is 1. The molecule has 1 atom stereocenters. The molecular formula is C36H24N2O. The Labute approximate surface area is 225 Å². The van der Waals surface area contributed by atoms with Gasteiger partial charge in [0.05, 0.1) is 16.9 Å². The monoisotopic (exact) mass is 500 g/mol. The first-order valence-electron chi connectivity index (χ1n) is 13.6. The molecule has 3 heterocycles. The van der Waals surface area contributed by atoms with Crippen molar-refractivity contribution in [3.63, 3.8) is 0 Å². The molecular weight excluding hydrogens is 476 g/mol. The molecule has 0 N–H and O–H groups in total. The Balaban J connectivity index is 1.38. The molecule has 3 heteroatoms. The predicted molar refractivity (Wildman–Crippen MR) is 160 cm³/mol. The van der Waals surface area contributed by atoms with Gasteiger partial charge in [-0.05, 0) is 72.2 Å². The van der Waals surface area contributed by atoms with Gasteiger partial charge in [0.25, 0.3) is 0 Å². The first kappa shape index (κ1) is 21.0. The van der Waals surface area contributed by atoms with Gasteiger partial charge in [-0.1, -0.05) is 72.8 Å². The van der Waals surface area contributed by atoms with Gasteiger partial charge in [-0.2, -0.15) is 0 Å². The summed E-state index contributed by atoms with van der Waals surface area (Å²) in [4.78, 5) is 2.47. The van der Waals surface area contributed by atoms with Gasteiger partial charge in [0.2, 0.25) is 0 Å². The minimum atomic E-state index is 0.229. The second-order valence-electron chi connectivity index (χ2n) is 10.5. The summed E-state index contributed by atoms with van der Waals surface area (Å²) in [6, 6.07) is 43.2. The zero-order valence-electron chi connectivity index (χ0n) is 21.2. The van der Waals surface area contributed by atoms with E-state index in [1.165, 1.54) is 61.3 Å². The zero-order valence-corrected chi connectivity index (χ0v) is 21.2. The predicted octanol–water partition coefficient (Wildman–Crippen LogP) is 9.36. The number of para-hydroxylation sites is 4. The number of nitrogens with zero attached hydrogens (tertiary/aromatic N) is 2. The van der Waals surface area contributed by atoms with E-state index >= 15 is 0 Å². The first-order chi connectivity index (χ1) is 19.4. The smallest absolute Gasteiger partial charge is 0.135 e. The van der Waals surface area contributed by atoms with Gasteiger partial charge in [0.15, 0.2) is 0 Å². The Morgan fingerprint density at radius 1 is 0.615 bits per heavy atom. The summed E-state index contributed by atoms with van der Waals surface area (Å²) < 4.78 is 8.79. The normalized spacial score (nSPS) is 15.9. The molecule has 1 aliphatic carbocycles. The third-order valence-electron chi connectivity index (χ3n) is 8.51. The van der Waals surface area contributed by atoms with Crippen molar-refractivity contribution in [3.8, 4) is 5.69 Å². The molecule has 0 saturated heterocycles. The average Bonchev–Trinajstić information content (AvgIpc) is 3.64. The van der Waals surface area contributed by atoms with E-state index in [-0.39, 0.29) is 5.92 Å². The maximum absolute atomic E-state index is 6.36. The largest absolute Gasteiger partial charge is 0.456 e. The van der Waals surface area contributed by atoms with Gasteiger partial charge in [-0.15, -0.1) is 0 Å². The van der Waals surface area contributed by atoms with Crippen molar-refractivity contribution in [2.45, 2.75) is 12.3 Å². The Bertz CT molecular complexity index is 2100. The van der Waals surface area contributed by atoms with E-state index in [0.717, 1.165) is 17.6 Å². The van der Waals surface area contributed by atoms with E-state index in [9.17, 15) is 0 Å². The lowest BCUT2D eigenvalue weighted by molar-refractivity contribution is 0.668. The number of anilines is 2. The van der Waals surface area contributed by atoms with Crippen LogP contribution in [-0.4, -0.2) is 4.57 Å². The highest BCUT2D eigenvalue weighted by Crippen LogP contribution is 2.56. The van der Waals surface area contributed by atoms with Crippen LogP contribution in [0, 0.1) is 0 Å². The number of hydrogen-bond donors (Lipinski definition) is 0. The van der Waals surface area contributed by atoms with Crippen LogP contribution in [0.2, 0.25) is 0 Å². The maximum Gasteiger partial charge on any atom is 0.135 e. The standard InChI is InChI=1S/C36H24N2O/c1-3-11-23(12-4-1)37-29-17-9-7-15-25(29)27-21-28-32(22-31(27)37)38(24-13-5-2-6-14-24)30-19-20-34-36(35(28)30)26-16-8-10-18-33(26)39-34/h1-20,22,28H,21H2. The highest BCUT2D eigenvalue weighted by molar-refractivity contribution is 6.11. The molecule has 5 aromatic carbocycles. The summed E-state index contributed by atoms with van der Waals surface area (Å²) in [7, 11) is 0. The number of aromatic nitrogens is 1. The number of furan rings is 1. The van der Waals surface area contributed by atoms with E-state index in [0.29, 0.717) is 0 Å². The molecule has 2 aromatic heterocycles. The SMILES string of the molecule is C1=C2C(Cc3c1n(-c1ccccc1)c1ccccc31)c1c(ccc3oc4ccccc4c13)N2c1ccccc1. The van der Waals surface area contributed by atoms with Crippen molar-refractivity contribution in [1.82, 2.24) is 4.57 Å². The number of rotatable bonds is 2. The van der Waals surface area contributed by atoms with Gasteiger partial charge < -0.3 is 13.9 Å². The van der Waals surface area contributed by atoms with Crippen molar-refractivity contribution in [3.05, 3.63) is 144 Å². The molecule has 0 amide bonds. The van der Waals surface area contributed by atoms with E-state index in [1.54, 1.807) is 0 Å². The highest BCUT2D eigenvalue weighted by atomic mass is 16.3. The van der Waals surface area contributed by atoms with Crippen LogP contribution < -0.4 is 4.90 Å². The van der Waals surface area contributed by atoms with E-state index in [4.69, 9.17) is 4.42 Å². The lowest BCUT2D eigenvalue weighted by Gasteiger charge is -2.27. The maximum atomic E-state index is 6.36. The molecule has 7 aromatic rings. The lowest BCUT2D eigenvalue weighted by atomic mass is 9.84. The first-order valence-corrected chi connectivity index (χ1v) is 13.6. The van der Waals surface area contributed by atoms with Crippen molar-refractivity contribution < 1.29 is 4.42 Å². The second kappa shape index (κ2) is 7.75. The topological polar surface area (TPSA) is 21.3 Å². The molecule has 0 saturated carbocycles. The van der Waals surface area contributed by atoms with Crippen LogP contribution in [-0.2, 0) is 6.42 Å². The van der Waals surface area contributed by atoms with Gasteiger partial charge in [-0.25, -0.2) is 0 Å². The molecule has 3 nitrogen and oxygen atoms in total. The van der Waals surface area contributed by atoms with Crippen molar-refractivity contribution in [1.29, 1.82) is 0 Å².